The van der Waals surface area contributed by atoms with Gasteiger partial charge in [0.1, 0.15) is 0 Å². The van der Waals surface area contributed by atoms with Gasteiger partial charge in [0.25, 0.3) is 0 Å². The molecule has 6 atom stereocenters. The topological polar surface area (TPSA) is 12.0 Å². The maximum atomic E-state index is 4.25. The van der Waals surface area contributed by atoms with E-state index < -0.39 is 0 Å². The van der Waals surface area contributed by atoms with E-state index >= 15 is 0 Å². The molecule has 0 saturated heterocycles. The maximum Gasteiger partial charge on any atom is 0.0775 e. The van der Waals surface area contributed by atoms with Crippen LogP contribution in [-0.2, 0) is 0 Å². The smallest absolute Gasteiger partial charge is 0.0775 e. The van der Waals surface area contributed by atoms with Crippen molar-refractivity contribution in [3.8, 4) is 0 Å². The van der Waals surface area contributed by atoms with Gasteiger partial charge in [0.05, 0.1) is 5.54 Å². The van der Waals surface area contributed by atoms with Crippen LogP contribution in [0, 0.1) is 23.2 Å². The highest BCUT2D eigenvalue weighted by Crippen LogP contribution is 2.56. The zero-order valence-electron chi connectivity index (χ0n) is 17.6. The minimum atomic E-state index is -0.0624. The highest BCUT2D eigenvalue weighted by Gasteiger charge is 2.54. The van der Waals surface area contributed by atoms with Gasteiger partial charge in [0.2, 0.25) is 0 Å². The van der Waals surface area contributed by atoms with Crippen LogP contribution < -0.4 is 5.32 Å². The second kappa shape index (κ2) is 5.60. The van der Waals surface area contributed by atoms with Crippen molar-refractivity contribution in [1.82, 2.24) is 5.32 Å². The van der Waals surface area contributed by atoms with Gasteiger partial charge < -0.3 is 0 Å². The van der Waals surface area contributed by atoms with Gasteiger partial charge >= 0.3 is 0 Å². The van der Waals surface area contributed by atoms with Crippen LogP contribution in [0.15, 0.2) is 59.3 Å². The van der Waals surface area contributed by atoms with E-state index in [2.05, 4.69) is 70.0 Å². The Labute approximate surface area is 165 Å². The van der Waals surface area contributed by atoms with E-state index in [0.717, 1.165) is 0 Å². The van der Waals surface area contributed by atoms with Crippen LogP contribution in [0.2, 0.25) is 0 Å². The first-order valence-corrected chi connectivity index (χ1v) is 11.0. The van der Waals surface area contributed by atoms with Gasteiger partial charge in [-0.1, -0.05) is 60.6 Å². The number of hydrogen-bond donors (Lipinski definition) is 1. The Balaban J connectivity index is 1.56. The van der Waals surface area contributed by atoms with E-state index in [1.807, 2.05) is 0 Å². The van der Waals surface area contributed by atoms with Crippen molar-refractivity contribution in [2.45, 2.75) is 77.3 Å². The van der Waals surface area contributed by atoms with Crippen molar-refractivity contribution in [1.29, 1.82) is 0 Å². The summed E-state index contributed by atoms with van der Waals surface area (Å²) in [5, 5.41) is 4.16. The summed E-state index contributed by atoms with van der Waals surface area (Å²) in [6.45, 7) is 13.8. The molecule has 2 heterocycles. The van der Waals surface area contributed by atoms with Crippen LogP contribution >= 0.6 is 0 Å². The summed E-state index contributed by atoms with van der Waals surface area (Å²) in [5.41, 5.74) is 6.66. The Morgan fingerprint density at radius 2 is 1.78 bits per heavy atom. The van der Waals surface area contributed by atoms with Gasteiger partial charge in [-0.15, -0.1) is 0 Å². The van der Waals surface area contributed by atoms with Crippen LogP contribution in [0.25, 0.3) is 0 Å². The minimum Gasteiger partial charge on any atom is -0.295 e. The molecule has 27 heavy (non-hydrogen) atoms. The molecule has 0 aromatic carbocycles. The van der Waals surface area contributed by atoms with Crippen molar-refractivity contribution in [2.75, 3.05) is 0 Å². The molecule has 2 aliphatic heterocycles. The van der Waals surface area contributed by atoms with E-state index in [1.54, 1.807) is 11.1 Å². The molecule has 2 bridgehead atoms. The van der Waals surface area contributed by atoms with Crippen LogP contribution in [0.1, 0.15) is 66.2 Å². The molecule has 0 spiro atoms. The number of nitrogens with one attached hydrogen (secondary N) is 1. The minimum absolute atomic E-state index is 0.0624. The van der Waals surface area contributed by atoms with Crippen molar-refractivity contribution in [3.63, 3.8) is 0 Å². The predicted molar refractivity (Wildman–Crippen MR) is 114 cm³/mol. The lowest BCUT2D eigenvalue weighted by Crippen LogP contribution is -2.64. The normalized spacial score (nSPS) is 47.7. The zero-order valence-corrected chi connectivity index (χ0v) is 17.6. The fraction of sp³-hybridized carbons (Fsp3) is 0.615. The van der Waals surface area contributed by atoms with Crippen LogP contribution in [0.4, 0.5) is 0 Å². The van der Waals surface area contributed by atoms with E-state index in [4.69, 9.17) is 0 Å². The SMILES string of the molecule is C=C(C)[C@@H]1CC[C@@]2(C)CC(C34C=C[C@@H]5CC[C@H](C=C3)C5(C)N4)=CC(C)=C2C1. The quantitative estimate of drug-likeness (QED) is 0.572. The Morgan fingerprint density at radius 3 is 2.41 bits per heavy atom. The average Bonchev–Trinajstić information content (AvgIpc) is 3.00. The predicted octanol–water partition coefficient (Wildman–Crippen LogP) is 6.27. The number of fused-ring (bicyclic) bond motifs is 2. The molecule has 1 heteroatoms. The molecule has 5 rings (SSSR count). The number of allylic oxidation sites excluding steroid dienone is 4. The molecule has 0 aromatic heterocycles. The molecule has 1 nitrogen and oxygen atoms in total. The molecule has 144 valence electrons. The first kappa shape index (κ1) is 17.7. The van der Waals surface area contributed by atoms with Gasteiger partial charge in [0.15, 0.2) is 0 Å². The Bertz CT molecular complexity index is 797. The molecule has 0 radical (unpaired) electrons. The highest BCUT2D eigenvalue weighted by atomic mass is 15.1. The second-order valence-electron chi connectivity index (χ2n) is 10.6. The lowest BCUT2D eigenvalue weighted by atomic mass is 9.58. The monoisotopic (exact) mass is 361 g/mol. The molecular weight excluding hydrogens is 326 g/mol. The lowest BCUT2D eigenvalue weighted by Gasteiger charge is -2.54. The van der Waals surface area contributed by atoms with E-state index in [1.165, 1.54) is 49.7 Å². The summed E-state index contributed by atoms with van der Waals surface area (Å²) in [5.74, 6) is 2.06. The second-order valence-corrected chi connectivity index (χ2v) is 10.6. The third kappa shape index (κ3) is 2.40. The molecule has 3 aliphatic carbocycles. The van der Waals surface area contributed by atoms with Gasteiger partial charge in [-0.05, 0) is 88.0 Å². The summed E-state index contributed by atoms with van der Waals surface area (Å²) in [7, 11) is 0. The third-order valence-electron chi connectivity index (χ3n) is 8.89. The first-order chi connectivity index (χ1) is 12.8. The molecule has 2 unspecified atom stereocenters. The van der Waals surface area contributed by atoms with Gasteiger partial charge in [-0.3, -0.25) is 5.32 Å². The molecule has 2 fully saturated rings. The summed E-state index contributed by atoms with van der Waals surface area (Å²) >= 11 is 0. The lowest BCUT2D eigenvalue weighted by molar-refractivity contribution is 0.190. The van der Waals surface area contributed by atoms with Gasteiger partial charge in [-0.2, -0.15) is 0 Å². The summed E-state index contributed by atoms with van der Waals surface area (Å²) in [6, 6.07) is 0. The molecular formula is C26H35N. The Hall–Kier alpha value is -1.34. The average molecular weight is 362 g/mol. The van der Waals surface area contributed by atoms with E-state index in [9.17, 15) is 0 Å². The largest absolute Gasteiger partial charge is 0.295 e. The maximum absolute atomic E-state index is 4.25. The highest BCUT2D eigenvalue weighted by molar-refractivity contribution is 5.51. The van der Waals surface area contributed by atoms with E-state index in [-0.39, 0.29) is 11.1 Å². The molecule has 1 N–H and O–H groups in total. The summed E-state index contributed by atoms with van der Waals surface area (Å²) in [6.07, 6.45) is 20.2. The Morgan fingerprint density at radius 1 is 1.11 bits per heavy atom. The molecule has 0 amide bonds. The standard InChI is InChI=1S/C26H35N/c1-17(2)19-8-11-24(4)16-22(14-18(3)23(24)15-19)26-12-9-20-6-7-21(10-13-26)25(20,5)27-26/h9-10,12-14,19-21,27H,1,6-8,11,15-16H2,2-5H3/t19-,20-,21+,24+,25?,26?/m1/s1. The van der Waals surface area contributed by atoms with Crippen LogP contribution in [-0.4, -0.2) is 11.1 Å². The van der Waals surface area contributed by atoms with Crippen molar-refractivity contribution >= 4 is 0 Å². The fourth-order valence-corrected chi connectivity index (χ4v) is 7.00. The fourth-order valence-electron chi connectivity index (χ4n) is 7.00. The van der Waals surface area contributed by atoms with Crippen molar-refractivity contribution < 1.29 is 0 Å². The number of hydrogen-bond acceptors (Lipinski definition) is 1. The van der Waals surface area contributed by atoms with Crippen molar-refractivity contribution in [2.24, 2.45) is 23.2 Å². The molecule has 2 saturated carbocycles. The van der Waals surface area contributed by atoms with Crippen molar-refractivity contribution in [3.05, 3.63) is 59.3 Å². The molecule has 0 aromatic rings. The summed E-state index contributed by atoms with van der Waals surface area (Å²) in [4.78, 5) is 0. The van der Waals surface area contributed by atoms with Gasteiger partial charge in [-0.25, -0.2) is 0 Å². The molecule has 5 aliphatic rings. The van der Waals surface area contributed by atoms with Gasteiger partial charge in [0, 0.05) is 5.54 Å². The zero-order chi connectivity index (χ0) is 19.0. The van der Waals surface area contributed by atoms with Crippen LogP contribution in [0.5, 0.6) is 0 Å². The van der Waals surface area contributed by atoms with Crippen LogP contribution in [0.3, 0.4) is 0 Å². The summed E-state index contributed by atoms with van der Waals surface area (Å²) < 4.78 is 0. The Kier molecular flexibility index (Phi) is 3.68. The first-order valence-electron chi connectivity index (χ1n) is 11.0. The third-order valence-corrected chi connectivity index (χ3v) is 8.89. The number of rotatable bonds is 2. The van der Waals surface area contributed by atoms with E-state index in [0.29, 0.717) is 23.2 Å².